The summed E-state index contributed by atoms with van der Waals surface area (Å²) in [5, 5.41) is 3.67. The van der Waals surface area contributed by atoms with Crippen molar-refractivity contribution >= 4 is 23.2 Å². The molecule has 0 aliphatic heterocycles. The number of imidazole rings is 1. The van der Waals surface area contributed by atoms with Crippen molar-refractivity contribution < 1.29 is 4.79 Å². The first-order chi connectivity index (χ1) is 17.4. The number of nitrogens with one attached hydrogen (secondary N) is 2. The van der Waals surface area contributed by atoms with Crippen molar-refractivity contribution in [3.8, 4) is 0 Å². The van der Waals surface area contributed by atoms with E-state index in [9.17, 15) is 4.79 Å². The van der Waals surface area contributed by atoms with Gasteiger partial charge in [0.1, 0.15) is 0 Å². The molecule has 0 spiro atoms. The number of H-pyrrole nitrogens is 1. The van der Waals surface area contributed by atoms with Gasteiger partial charge in [-0.1, -0.05) is 41.9 Å². The molecule has 2 aromatic carbocycles. The van der Waals surface area contributed by atoms with Gasteiger partial charge in [0.25, 0.3) is 5.91 Å². The van der Waals surface area contributed by atoms with Crippen molar-refractivity contribution in [2.45, 2.75) is 64.6 Å². The number of carbonyl (C=O) groups is 1. The lowest BCUT2D eigenvalue weighted by Crippen LogP contribution is -2.42. The van der Waals surface area contributed by atoms with Gasteiger partial charge in [0.15, 0.2) is 0 Å². The third-order valence-electron chi connectivity index (χ3n) is 7.52. The maximum atomic E-state index is 13.3. The highest BCUT2D eigenvalue weighted by Crippen LogP contribution is 2.34. The average Bonchev–Trinajstić information content (AvgIpc) is 3.32. The highest BCUT2D eigenvalue weighted by atomic mass is 35.5. The normalized spacial score (nSPS) is 17.8. The van der Waals surface area contributed by atoms with Crippen molar-refractivity contribution in [3.05, 3.63) is 81.9 Å². The Bertz CT molecular complexity index is 1150. The molecule has 0 unspecified atom stereocenters. The van der Waals surface area contributed by atoms with E-state index in [1.165, 1.54) is 18.4 Å². The van der Waals surface area contributed by atoms with Gasteiger partial charge in [-0.2, -0.15) is 0 Å². The fourth-order valence-electron chi connectivity index (χ4n) is 5.42. The van der Waals surface area contributed by atoms with Crippen LogP contribution in [0.1, 0.15) is 65.5 Å². The number of aromatic nitrogens is 2. The van der Waals surface area contributed by atoms with E-state index in [0.717, 1.165) is 48.4 Å². The molecule has 0 bridgehead atoms. The number of rotatable bonds is 9. The zero-order chi connectivity index (χ0) is 25.7. The molecule has 0 atom stereocenters. The quantitative estimate of drug-likeness (QED) is 0.396. The smallest absolute Gasteiger partial charge is 0.251 e. The third kappa shape index (κ3) is 6.11. The Morgan fingerprint density at radius 2 is 1.81 bits per heavy atom. The van der Waals surface area contributed by atoms with Crippen LogP contribution in [0, 0.1) is 6.92 Å². The van der Waals surface area contributed by atoms with Gasteiger partial charge in [-0.05, 0) is 76.9 Å². The fraction of sp³-hybridized carbons (Fsp3) is 0.448. The molecule has 36 heavy (non-hydrogen) atoms. The van der Waals surface area contributed by atoms with Gasteiger partial charge in [0.05, 0.1) is 24.3 Å². The van der Waals surface area contributed by atoms with Crippen LogP contribution in [0.5, 0.6) is 0 Å². The van der Waals surface area contributed by atoms with Gasteiger partial charge < -0.3 is 20.1 Å². The molecule has 0 radical (unpaired) electrons. The number of carbonyl (C=O) groups excluding carboxylic acids is 1. The van der Waals surface area contributed by atoms with Crippen molar-refractivity contribution in [2.24, 2.45) is 0 Å². The van der Waals surface area contributed by atoms with Gasteiger partial charge >= 0.3 is 0 Å². The lowest BCUT2D eigenvalue weighted by molar-refractivity contribution is 0.0950. The summed E-state index contributed by atoms with van der Waals surface area (Å²) in [6.07, 6.45) is 7.08. The number of anilines is 1. The summed E-state index contributed by atoms with van der Waals surface area (Å²) in [5.74, 6) is -0.121. The van der Waals surface area contributed by atoms with E-state index in [-0.39, 0.29) is 5.91 Å². The topological polar surface area (TPSA) is 64.3 Å². The second-order valence-corrected chi connectivity index (χ2v) is 10.4. The highest BCUT2D eigenvalue weighted by molar-refractivity contribution is 6.31. The van der Waals surface area contributed by atoms with E-state index in [1.54, 1.807) is 12.4 Å². The minimum atomic E-state index is -0.121. The zero-order valence-corrected chi connectivity index (χ0v) is 22.6. The van der Waals surface area contributed by atoms with Gasteiger partial charge in [-0.25, -0.2) is 4.98 Å². The van der Waals surface area contributed by atoms with Crippen LogP contribution in [0.2, 0.25) is 5.02 Å². The van der Waals surface area contributed by atoms with Crippen LogP contribution >= 0.6 is 11.6 Å². The summed E-state index contributed by atoms with van der Waals surface area (Å²) in [4.78, 5) is 25.8. The number of aromatic amines is 1. The number of hydrogen-bond acceptors (Lipinski definition) is 4. The number of halogens is 1. The Kier molecular flexibility index (Phi) is 8.70. The summed E-state index contributed by atoms with van der Waals surface area (Å²) >= 11 is 6.56. The van der Waals surface area contributed by atoms with Crippen LogP contribution in [0.3, 0.4) is 0 Å². The van der Waals surface area contributed by atoms with E-state index in [0.29, 0.717) is 29.2 Å². The van der Waals surface area contributed by atoms with Crippen LogP contribution in [0.15, 0.2) is 48.8 Å². The summed E-state index contributed by atoms with van der Waals surface area (Å²) in [5.41, 5.74) is 5.71. The standard InChI is InChI=1S/C29H38ClN5O/c1-5-35(24-13-11-23(12-14-24)34(3)4)28-17-22(30)16-25(20(28)2)29(36)31-18-27-26(32-19-33-27)15-21-9-7-6-8-10-21/h6-10,16-17,19,23-24H,5,11-15,18H2,1-4H3,(H,31,36)(H,32,33). The Morgan fingerprint density at radius 3 is 2.47 bits per heavy atom. The third-order valence-corrected chi connectivity index (χ3v) is 7.74. The summed E-state index contributed by atoms with van der Waals surface area (Å²) < 4.78 is 0. The first kappa shape index (κ1) is 26.2. The van der Waals surface area contributed by atoms with Gasteiger partial charge in [0, 0.05) is 41.3 Å². The molecular weight excluding hydrogens is 470 g/mol. The van der Waals surface area contributed by atoms with E-state index < -0.39 is 0 Å². The molecule has 1 amide bonds. The van der Waals surface area contributed by atoms with Crippen LogP contribution < -0.4 is 10.2 Å². The molecule has 1 heterocycles. The Labute approximate surface area is 220 Å². The monoisotopic (exact) mass is 507 g/mol. The minimum Gasteiger partial charge on any atom is -0.369 e. The molecule has 1 fully saturated rings. The number of benzene rings is 2. The maximum Gasteiger partial charge on any atom is 0.251 e. The molecule has 1 aliphatic rings. The predicted octanol–water partition coefficient (Wildman–Crippen LogP) is 5.59. The summed E-state index contributed by atoms with van der Waals surface area (Å²) in [6, 6.07) is 15.1. The minimum absolute atomic E-state index is 0.121. The fourth-order valence-corrected chi connectivity index (χ4v) is 5.63. The molecule has 1 aliphatic carbocycles. The van der Waals surface area contributed by atoms with E-state index in [4.69, 9.17) is 11.6 Å². The molecule has 1 saturated carbocycles. The lowest BCUT2D eigenvalue weighted by atomic mass is 9.89. The SMILES string of the molecule is CCN(c1cc(Cl)cc(C(=O)NCc2[nH]cnc2Cc2ccccc2)c1C)C1CCC(N(C)C)CC1. The number of hydrogen-bond donors (Lipinski definition) is 2. The van der Waals surface area contributed by atoms with E-state index >= 15 is 0 Å². The van der Waals surface area contributed by atoms with Crippen molar-refractivity contribution in [3.63, 3.8) is 0 Å². The Morgan fingerprint density at radius 1 is 1.11 bits per heavy atom. The van der Waals surface area contributed by atoms with Crippen LogP contribution in [-0.4, -0.2) is 53.5 Å². The second kappa shape index (κ2) is 11.9. The number of nitrogens with zero attached hydrogens (tertiary/aromatic N) is 3. The Balaban J connectivity index is 1.47. The molecule has 3 aromatic rings. The largest absolute Gasteiger partial charge is 0.369 e. The molecule has 0 saturated heterocycles. The lowest BCUT2D eigenvalue weighted by Gasteiger charge is -2.40. The molecule has 4 rings (SSSR count). The van der Waals surface area contributed by atoms with Gasteiger partial charge in [-0.3, -0.25) is 4.79 Å². The van der Waals surface area contributed by atoms with E-state index in [1.807, 2.05) is 31.2 Å². The van der Waals surface area contributed by atoms with Crippen molar-refractivity contribution in [2.75, 3.05) is 25.5 Å². The van der Waals surface area contributed by atoms with Gasteiger partial charge in [0.2, 0.25) is 0 Å². The molecule has 1 aromatic heterocycles. The van der Waals surface area contributed by atoms with Crippen LogP contribution in [0.25, 0.3) is 0 Å². The van der Waals surface area contributed by atoms with Gasteiger partial charge in [-0.15, -0.1) is 0 Å². The van der Waals surface area contributed by atoms with Crippen molar-refractivity contribution in [1.82, 2.24) is 20.2 Å². The molecular formula is C29H38ClN5O. The summed E-state index contributed by atoms with van der Waals surface area (Å²) in [7, 11) is 4.34. The molecule has 2 N–H and O–H groups in total. The first-order valence-corrected chi connectivity index (χ1v) is 13.3. The van der Waals surface area contributed by atoms with Crippen LogP contribution in [-0.2, 0) is 13.0 Å². The van der Waals surface area contributed by atoms with Crippen LogP contribution in [0.4, 0.5) is 5.69 Å². The highest BCUT2D eigenvalue weighted by Gasteiger charge is 2.28. The molecule has 7 heteroatoms. The average molecular weight is 508 g/mol. The number of amides is 1. The predicted molar refractivity (Wildman–Crippen MR) is 148 cm³/mol. The van der Waals surface area contributed by atoms with E-state index in [2.05, 4.69) is 58.2 Å². The second-order valence-electron chi connectivity index (χ2n) is 9.98. The summed E-state index contributed by atoms with van der Waals surface area (Å²) in [6.45, 7) is 5.49. The van der Waals surface area contributed by atoms with Crippen molar-refractivity contribution in [1.29, 1.82) is 0 Å². The Hall–Kier alpha value is -2.83. The molecule has 6 nitrogen and oxygen atoms in total. The first-order valence-electron chi connectivity index (χ1n) is 12.9. The molecule has 192 valence electrons. The zero-order valence-electron chi connectivity index (χ0n) is 21.9. The maximum absolute atomic E-state index is 13.3.